The molecule has 2 aromatic rings. The van der Waals surface area contributed by atoms with Crippen molar-refractivity contribution in [2.75, 3.05) is 37.9 Å². The third kappa shape index (κ3) is 16.2. The van der Waals surface area contributed by atoms with Gasteiger partial charge in [0.15, 0.2) is 11.4 Å². The lowest BCUT2D eigenvalue weighted by Crippen LogP contribution is -2.34. The van der Waals surface area contributed by atoms with Gasteiger partial charge in [0.2, 0.25) is 6.41 Å². The SMILES string of the molecule is CCOC(=O)c1nc(C)sc1N.CCOC(=O)c1ncsc1N.[C-]#[N+]/C(=N\O)C(=O)OCC.[C-]#[N+]C(NC=O)C(=O)OCC. The minimum Gasteiger partial charge on any atom is -0.470 e. The smallest absolute Gasteiger partial charge is 0.413 e. The van der Waals surface area contributed by atoms with Gasteiger partial charge in [-0.3, -0.25) is 19.8 Å². The van der Waals surface area contributed by atoms with Crippen LogP contribution >= 0.6 is 22.7 Å². The Bertz CT molecular complexity index is 1330. The van der Waals surface area contributed by atoms with E-state index in [2.05, 4.69) is 34.3 Å². The van der Waals surface area contributed by atoms with Gasteiger partial charge in [-0.1, -0.05) is 6.57 Å². The molecule has 0 saturated carbocycles. The average molecular weight is 657 g/mol. The van der Waals surface area contributed by atoms with Crippen molar-refractivity contribution in [1.29, 1.82) is 0 Å². The first-order valence-corrected chi connectivity index (χ1v) is 13.9. The van der Waals surface area contributed by atoms with Crippen molar-refractivity contribution in [3.05, 3.63) is 44.7 Å². The molecule has 6 N–H and O–H groups in total. The number of nitrogens with zero attached hydrogens (tertiary/aromatic N) is 5. The van der Waals surface area contributed by atoms with Gasteiger partial charge in [-0.05, 0) is 34.6 Å². The van der Waals surface area contributed by atoms with Crippen molar-refractivity contribution in [3.8, 4) is 0 Å². The summed E-state index contributed by atoms with van der Waals surface area (Å²) in [6, 6.07) is 0. The van der Waals surface area contributed by atoms with Gasteiger partial charge in [0.25, 0.3) is 0 Å². The van der Waals surface area contributed by atoms with E-state index in [1.54, 1.807) is 34.6 Å². The van der Waals surface area contributed by atoms with Crippen molar-refractivity contribution < 1.29 is 48.1 Å². The normalized spacial score (nSPS) is 10.1. The molecule has 0 radical (unpaired) electrons. The molecule has 1 amide bonds. The quantitative estimate of drug-likeness (QED) is 0.0440. The van der Waals surface area contributed by atoms with Gasteiger partial charge >= 0.3 is 35.9 Å². The van der Waals surface area contributed by atoms with Gasteiger partial charge in [-0.2, -0.15) is 0 Å². The zero-order valence-electron chi connectivity index (χ0n) is 24.4. The summed E-state index contributed by atoms with van der Waals surface area (Å²) in [5, 5.41) is 14.0. The zero-order chi connectivity index (χ0) is 34.1. The number of carbonyl (C=O) groups is 5. The Kier molecular flexibility index (Phi) is 22.5. The van der Waals surface area contributed by atoms with Crippen LogP contribution < -0.4 is 16.8 Å². The van der Waals surface area contributed by atoms with E-state index in [0.717, 1.165) is 5.01 Å². The predicted octanol–water partition coefficient (Wildman–Crippen LogP) is 1.91. The molecule has 240 valence electrons. The summed E-state index contributed by atoms with van der Waals surface area (Å²) in [5.74, 6) is -3.18. The number of anilines is 2. The van der Waals surface area contributed by atoms with Crippen LogP contribution in [0.2, 0.25) is 0 Å². The topological polar surface area (TPSA) is 253 Å². The van der Waals surface area contributed by atoms with Crippen LogP contribution in [0.3, 0.4) is 0 Å². The maximum atomic E-state index is 11.1. The molecule has 0 aliphatic rings. The highest BCUT2D eigenvalue weighted by Gasteiger charge is 2.23. The second-order valence-electron chi connectivity index (χ2n) is 6.78. The highest BCUT2D eigenvalue weighted by molar-refractivity contribution is 7.15. The lowest BCUT2D eigenvalue weighted by atomic mass is 10.5. The van der Waals surface area contributed by atoms with Crippen LogP contribution in [0.25, 0.3) is 9.69 Å². The molecule has 1 atom stereocenters. The van der Waals surface area contributed by atoms with E-state index >= 15 is 0 Å². The summed E-state index contributed by atoms with van der Waals surface area (Å²) < 4.78 is 18.3. The number of rotatable bonds is 9. The van der Waals surface area contributed by atoms with Crippen LogP contribution in [0.15, 0.2) is 10.7 Å². The van der Waals surface area contributed by atoms with Crippen molar-refractivity contribution >= 4 is 68.8 Å². The number of aromatic nitrogens is 2. The van der Waals surface area contributed by atoms with Gasteiger partial charge in [0.05, 0.1) is 42.1 Å². The molecule has 18 nitrogen and oxygen atoms in total. The van der Waals surface area contributed by atoms with Crippen molar-refractivity contribution in [3.63, 3.8) is 0 Å². The Morgan fingerprint density at radius 1 is 1.00 bits per heavy atom. The molecule has 2 rings (SSSR count). The monoisotopic (exact) mass is 656 g/mol. The number of amides is 1. The number of esters is 4. The number of hydrogen-bond donors (Lipinski definition) is 4. The number of amidine groups is 1. The van der Waals surface area contributed by atoms with Crippen LogP contribution in [0, 0.1) is 20.1 Å². The molecule has 0 spiro atoms. The fraction of sp³-hybridized carbons (Fsp3) is 0.417. The van der Waals surface area contributed by atoms with Crippen molar-refractivity contribution in [1.82, 2.24) is 15.3 Å². The number of aryl methyl sites for hydroxylation is 1. The Balaban J connectivity index is 0. The van der Waals surface area contributed by atoms with Crippen LogP contribution in [-0.2, 0) is 33.3 Å². The fourth-order valence-electron chi connectivity index (χ4n) is 2.14. The van der Waals surface area contributed by atoms with E-state index in [-0.39, 0.29) is 24.6 Å². The summed E-state index contributed by atoms with van der Waals surface area (Å²) in [4.78, 5) is 66.2. The van der Waals surface area contributed by atoms with E-state index in [4.69, 9.17) is 39.3 Å². The van der Waals surface area contributed by atoms with Gasteiger partial charge in [-0.15, -0.1) is 22.7 Å². The second-order valence-corrected chi connectivity index (χ2v) is 8.90. The fourth-order valence-corrected chi connectivity index (χ4v) is 3.34. The van der Waals surface area contributed by atoms with Crippen LogP contribution in [-0.4, -0.2) is 83.9 Å². The summed E-state index contributed by atoms with van der Waals surface area (Å²) in [7, 11) is 0. The third-order valence-corrected chi connectivity index (χ3v) is 5.27. The van der Waals surface area contributed by atoms with Crippen molar-refractivity contribution in [2.45, 2.75) is 40.8 Å². The summed E-state index contributed by atoms with van der Waals surface area (Å²) in [6.07, 6.45) is -0.910. The summed E-state index contributed by atoms with van der Waals surface area (Å²) in [6.45, 7) is 22.3. The van der Waals surface area contributed by atoms with E-state index in [9.17, 15) is 24.0 Å². The molecule has 2 heterocycles. The third-order valence-electron chi connectivity index (χ3n) is 3.82. The van der Waals surface area contributed by atoms with Crippen LogP contribution in [0.1, 0.15) is 53.7 Å². The number of nitrogens with two attached hydrogens (primary N) is 2. The molecule has 0 aliphatic heterocycles. The molecule has 2 aromatic heterocycles. The molecule has 0 aromatic carbocycles. The molecule has 0 aliphatic carbocycles. The number of nitrogen functional groups attached to an aromatic ring is 2. The maximum Gasteiger partial charge on any atom is 0.413 e. The first-order chi connectivity index (χ1) is 20.9. The predicted molar refractivity (Wildman–Crippen MR) is 158 cm³/mol. The number of hydrogen-bond acceptors (Lipinski definition) is 17. The van der Waals surface area contributed by atoms with Crippen LogP contribution in [0.4, 0.5) is 10.0 Å². The van der Waals surface area contributed by atoms with E-state index in [1.165, 1.54) is 28.2 Å². The molecule has 20 heteroatoms. The standard InChI is InChI=1S/C7H10N2O2S.C6H8N2O3.C6H8N2O2S.C5H6N2O3/c1-3-11-7(10)5-6(8)12-4(2)9-5;1-3-11-6(10)5(7-2)8-4-9;1-2-10-6(9)4-5(7)11-3-8-4;1-3-10-5(8)4(6-2)7-9/h3,8H2,1-2H3;4-5H,3H2,1H3,(H,8,9);3H,2,7H2,1H3;9H,3H2,1H3/b;;;7-4-. The zero-order valence-corrected chi connectivity index (χ0v) is 26.0. The number of oxime groups is 1. The molecular weight excluding hydrogens is 624 g/mol. The summed E-state index contributed by atoms with van der Waals surface area (Å²) in [5.41, 5.74) is 12.9. The Morgan fingerprint density at radius 2 is 1.55 bits per heavy atom. The minimum absolute atomic E-state index is 0.160. The van der Waals surface area contributed by atoms with E-state index in [1.807, 2.05) is 5.32 Å². The Labute approximate surface area is 260 Å². The highest BCUT2D eigenvalue weighted by atomic mass is 32.1. The maximum absolute atomic E-state index is 11.1. The largest absolute Gasteiger partial charge is 0.470 e. The molecule has 44 heavy (non-hydrogen) atoms. The first-order valence-electron chi connectivity index (χ1n) is 12.2. The van der Waals surface area contributed by atoms with E-state index in [0.29, 0.717) is 29.6 Å². The molecule has 1 unspecified atom stereocenters. The lowest BCUT2D eigenvalue weighted by Gasteiger charge is -2.01. The van der Waals surface area contributed by atoms with Gasteiger partial charge in [-0.25, -0.2) is 30.9 Å². The number of nitrogens with one attached hydrogen (secondary N) is 1. The summed E-state index contributed by atoms with van der Waals surface area (Å²) >= 11 is 2.51. The number of thiazole rings is 2. The Hall–Kier alpha value is -5.34. The molecule has 0 saturated heterocycles. The van der Waals surface area contributed by atoms with Crippen LogP contribution in [0.5, 0.6) is 0 Å². The Morgan fingerprint density at radius 3 is 1.91 bits per heavy atom. The van der Waals surface area contributed by atoms with E-state index < -0.39 is 35.9 Å². The number of carbonyl (C=O) groups excluding carboxylic acids is 5. The highest BCUT2D eigenvalue weighted by Crippen LogP contribution is 2.20. The first kappa shape index (κ1) is 40.8. The second kappa shape index (κ2) is 24.3. The average Bonchev–Trinajstić information content (AvgIpc) is 3.57. The lowest BCUT2D eigenvalue weighted by molar-refractivity contribution is -0.145. The minimum atomic E-state index is -1.20. The molecular formula is C24H32N8O10S2. The van der Waals surface area contributed by atoms with Gasteiger partial charge in [0.1, 0.15) is 10.0 Å². The number of ether oxygens (including phenoxy) is 4. The van der Waals surface area contributed by atoms with Gasteiger partial charge < -0.3 is 40.5 Å². The molecule has 0 bridgehead atoms. The van der Waals surface area contributed by atoms with Gasteiger partial charge in [0, 0.05) is 0 Å². The molecule has 0 fully saturated rings. The van der Waals surface area contributed by atoms with Crippen molar-refractivity contribution in [2.24, 2.45) is 5.16 Å².